The summed E-state index contributed by atoms with van der Waals surface area (Å²) in [7, 11) is 1.49. The van der Waals surface area contributed by atoms with Crippen LogP contribution >= 0.6 is 11.3 Å². The zero-order valence-electron chi connectivity index (χ0n) is 19.1. The molecular formula is C26H24F2N2O4S. The molecule has 0 radical (unpaired) electrons. The van der Waals surface area contributed by atoms with Crippen molar-refractivity contribution in [3.8, 4) is 17.6 Å². The first-order chi connectivity index (χ1) is 16.9. The van der Waals surface area contributed by atoms with Crippen LogP contribution in [0.15, 0.2) is 35.8 Å². The maximum atomic E-state index is 14.6. The molecule has 3 heterocycles. The number of pyridine rings is 1. The summed E-state index contributed by atoms with van der Waals surface area (Å²) in [6.07, 6.45) is 1.97. The van der Waals surface area contributed by atoms with E-state index in [0.717, 1.165) is 6.20 Å². The number of Topliss-reactive ketones (excluding diaryl/α,β-unsaturated/α-hetero) is 1. The second-order valence-electron chi connectivity index (χ2n) is 8.45. The number of thiophene rings is 1. The van der Waals surface area contributed by atoms with Crippen LogP contribution in [-0.4, -0.2) is 53.5 Å². The van der Waals surface area contributed by atoms with E-state index in [1.54, 1.807) is 23.6 Å². The van der Waals surface area contributed by atoms with Gasteiger partial charge in [-0.15, -0.1) is 11.3 Å². The van der Waals surface area contributed by atoms with Crippen LogP contribution in [0.3, 0.4) is 0 Å². The van der Waals surface area contributed by atoms with Crippen LogP contribution in [0.2, 0.25) is 0 Å². The largest absolute Gasteiger partial charge is 0.497 e. The molecule has 182 valence electrons. The molecular weight excluding hydrogens is 474 g/mol. The lowest BCUT2D eigenvalue weighted by Crippen LogP contribution is -2.44. The van der Waals surface area contributed by atoms with Gasteiger partial charge in [0.1, 0.15) is 16.4 Å². The first kappa shape index (κ1) is 24.8. The van der Waals surface area contributed by atoms with E-state index in [0.29, 0.717) is 54.0 Å². The molecule has 0 aliphatic carbocycles. The highest BCUT2D eigenvalue weighted by molar-refractivity contribution is 7.10. The van der Waals surface area contributed by atoms with Crippen LogP contribution in [0.5, 0.6) is 5.75 Å². The highest BCUT2D eigenvalue weighted by Gasteiger charge is 2.34. The number of halogens is 2. The van der Waals surface area contributed by atoms with Crippen molar-refractivity contribution in [2.45, 2.75) is 19.3 Å². The van der Waals surface area contributed by atoms with Crippen LogP contribution < -0.4 is 4.74 Å². The molecule has 0 bridgehead atoms. The number of hydrogen-bond donors (Lipinski definition) is 1. The van der Waals surface area contributed by atoms with E-state index >= 15 is 0 Å². The predicted molar refractivity (Wildman–Crippen MR) is 129 cm³/mol. The van der Waals surface area contributed by atoms with Gasteiger partial charge in [0.15, 0.2) is 11.6 Å². The Balaban J connectivity index is 1.42. The van der Waals surface area contributed by atoms with Crippen molar-refractivity contribution >= 4 is 34.0 Å². The van der Waals surface area contributed by atoms with Crippen molar-refractivity contribution in [2.24, 2.45) is 11.8 Å². The van der Waals surface area contributed by atoms with E-state index in [1.807, 2.05) is 4.90 Å². The number of methoxy groups -OCH3 is 1. The van der Waals surface area contributed by atoms with Gasteiger partial charge in [-0.3, -0.25) is 19.5 Å². The molecule has 1 N–H and O–H groups in total. The number of carbonyl (C=O) groups is 2. The number of carbonyl (C=O) groups excluding carboxylic acids is 1. The lowest BCUT2D eigenvalue weighted by atomic mass is 9.81. The number of benzene rings is 1. The zero-order valence-corrected chi connectivity index (χ0v) is 19.9. The van der Waals surface area contributed by atoms with Crippen LogP contribution in [0.25, 0.3) is 10.9 Å². The predicted octanol–water partition coefficient (Wildman–Crippen LogP) is 4.62. The van der Waals surface area contributed by atoms with Gasteiger partial charge in [-0.2, -0.15) is 0 Å². The average Bonchev–Trinajstić information content (AvgIpc) is 3.26. The van der Waals surface area contributed by atoms with Crippen LogP contribution in [0, 0.1) is 35.3 Å². The summed E-state index contributed by atoms with van der Waals surface area (Å²) in [6, 6.07) is 6.30. The van der Waals surface area contributed by atoms with Gasteiger partial charge in [-0.25, -0.2) is 8.78 Å². The monoisotopic (exact) mass is 498 g/mol. The number of aliphatic carboxylic acids is 1. The van der Waals surface area contributed by atoms with Crippen molar-refractivity contribution in [1.82, 2.24) is 9.88 Å². The van der Waals surface area contributed by atoms with Gasteiger partial charge in [-0.05, 0) is 54.9 Å². The lowest BCUT2D eigenvalue weighted by Gasteiger charge is -2.35. The molecule has 2 unspecified atom stereocenters. The Kier molecular flexibility index (Phi) is 7.73. The smallest absolute Gasteiger partial charge is 0.308 e. The number of ketones is 1. The summed E-state index contributed by atoms with van der Waals surface area (Å²) in [6.45, 7) is 1.25. The van der Waals surface area contributed by atoms with E-state index in [9.17, 15) is 23.5 Å². The number of carboxylic acid groups (broad SMARTS) is 1. The number of fused-ring (bicyclic) bond motifs is 1. The van der Waals surface area contributed by atoms with Crippen LogP contribution in [0.1, 0.15) is 34.5 Å². The molecule has 3 aromatic rings. The number of aromatic nitrogens is 1. The van der Waals surface area contributed by atoms with Crippen molar-refractivity contribution < 1.29 is 28.2 Å². The van der Waals surface area contributed by atoms with E-state index in [1.165, 1.54) is 24.5 Å². The van der Waals surface area contributed by atoms with Gasteiger partial charge in [0.2, 0.25) is 0 Å². The van der Waals surface area contributed by atoms with Crippen molar-refractivity contribution in [3.63, 3.8) is 0 Å². The fourth-order valence-electron chi connectivity index (χ4n) is 4.45. The molecule has 0 spiro atoms. The zero-order chi connectivity index (χ0) is 24.9. The molecule has 4 rings (SSSR count). The van der Waals surface area contributed by atoms with E-state index in [-0.39, 0.29) is 23.7 Å². The second-order valence-corrected chi connectivity index (χ2v) is 9.37. The highest BCUT2D eigenvalue weighted by atomic mass is 32.1. The van der Waals surface area contributed by atoms with Gasteiger partial charge in [-0.1, -0.05) is 11.8 Å². The molecule has 2 aromatic heterocycles. The third-order valence-corrected chi connectivity index (χ3v) is 7.13. The molecule has 1 aliphatic heterocycles. The number of hydrogen-bond acceptors (Lipinski definition) is 6. The molecule has 0 amide bonds. The molecule has 35 heavy (non-hydrogen) atoms. The number of ether oxygens (including phenoxy) is 1. The Hall–Kier alpha value is -3.35. The number of carboxylic acids is 1. The topological polar surface area (TPSA) is 79.7 Å². The molecule has 1 aromatic carbocycles. The molecule has 1 saturated heterocycles. The molecule has 9 heteroatoms. The average molecular weight is 499 g/mol. The fourth-order valence-corrected chi connectivity index (χ4v) is 5.09. The quantitative estimate of drug-likeness (QED) is 0.378. The molecule has 1 aliphatic rings. The number of piperidine rings is 1. The third-order valence-electron chi connectivity index (χ3n) is 6.33. The number of likely N-dealkylation sites (tertiary alicyclic amines) is 1. The van der Waals surface area contributed by atoms with E-state index in [2.05, 4.69) is 16.8 Å². The minimum absolute atomic E-state index is 0.0269. The van der Waals surface area contributed by atoms with Gasteiger partial charge in [0.05, 0.1) is 36.8 Å². The van der Waals surface area contributed by atoms with Crippen molar-refractivity contribution in [2.75, 3.05) is 26.7 Å². The fraction of sp³-hybridized carbons (Fsp3) is 0.346. The molecule has 0 saturated carbocycles. The first-order valence-electron chi connectivity index (χ1n) is 11.2. The van der Waals surface area contributed by atoms with E-state index < -0.39 is 23.5 Å². The Morgan fingerprint density at radius 2 is 2.11 bits per heavy atom. The molecule has 6 nitrogen and oxygen atoms in total. The first-order valence-corrected chi connectivity index (χ1v) is 12.1. The maximum absolute atomic E-state index is 14.6. The normalized spacial score (nSPS) is 18.1. The van der Waals surface area contributed by atoms with Gasteiger partial charge >= 0.3 is 5.97 Å². The SMILES string of the molecule is COc1ccc2ncc(F)c(C(=O)CCC3CCN(CC#Cc4sccc4F)CC3C(=O)O)c2c1. The summed E-state index contributed by atoms with van der Waals surface area (Å²) in [5.41, 5.74) is 0.435. The van der Waals surface area contributed by atoms with E-state index in [4.69, 9.17) is 4.74 Å². The Morgan fingerprint density at radius 3 is 2.83 bits per heavy atom. The van der Waals surface area contributed by atoms with Crippen LogP contribution in [0.4, 0.5) is 8.78 Å². The summed E-state index contributed by atoms with van der Waals surface area (Å²) >= 11 is 1.22. The van der Waals surface area contributed by atoms with Crippen molar-refractivity contribution in [1.29, 1.82) is 0 Å². The lowest BCUT2D eigenvalue weighted by molar-refractivity contribution is -0.146. The standard InChI is InChI=1S/C26H24F2N2O4S/c1-34-17-5-6-22-18(13-17)25(21(28)14-29-22)23(31)7-4-16-8-11-30(15-19(16)26(32)33)10-2-3-24-20(27)9-12-35-24/h5-6,9,12-14,16,19H,4,7-8,10-11,15H2,1H3,(H,32,33). The Morgan fingerprint density at radius 1 is 1.29 bits per heavy atom. The highest BCUT2D eigenvalue weighted by Crippen LogP contribution is 2.31. The summed E-state index contributed by atoms with van der Waals surface area (Å²) in [5, 5.41) is 11.8. The third kappa shape index (κ3) is 5.66. The van der Waals surface area contributed by atoms with Gasteiger partial charge in [0, 0.05) is 18.4 Å². The minimum atomic E-state index is -0.935. The van der Waals surface area contributed by atoms with Gasteiger partial charge < -0.3 is 9.84 Å². The number of rotatable bonds is 7. The second kappa shape index (κ2) is 10.9. The summed E-state index contributed by atoms with van der Waals surface area (Å²) < 4.78 is 33.3. The van der Waals surface area contributed by atoms with Gasteiger partial charge in [0.25, 0.3) is 0 Å². The maximum Gasteiger partial charge on any atom is 0.308 e. The Bertz CT molecular complexity index is 1310. The van der Waals surface area contributed by atoms with Crippen LogP contribution in [-0.2, 0) is 4.79 Å². The summed E-state index contributed by atoms with van der Waals surface area (Å²) in [5.74, 6) is 2.92. The number of nitrogens with zero attached hydrogens (tertiary/aromatic N) is 2. The minimum Gasteiger partial charge on any atom is -0.497 e. The van der Waals surface area contributed by atoms with Crippen molar-refractivity contribution in [3.05, 3.63) is 57.9 Å². The molecule has 2 atom stereocenters. The summed E-state index contributed by atoms with van der Waals surface area (Å²) in [4.78, 5) is 31.3. The molecule has 1 fully saturated rings. The Labute approximate surface area is 205 Å².